The fraction of sp³-hybridized carbons (Fsp3) is 0.300. The molecule has 1 aromatic heterocycles. The van der Waals surface area contributed by atoms with Gasteiger partial charge in [0.15, 0.2) is 0 Å². The van der Waals surface area contributed by atoms with E-state index in [1.54, 1.807) is 0 Å². The maximum absolute atomic E-state index is 6.14. The number of ether oxygens (including phenoxy) is 1. The quantitative estimate of drug-likeness (QED) is 0.746. The minimum absolute atomic E-state index is 0.312. The van der Waals surface area contributed by atoms with Crippen LogP contribution in [0.5, 0.6) is 5.75 Å². The van der Waals surface area contributed by atoms with Crippen molar-refractivity contribution in [2.24, 2.45) is 0 Å². The molecule has 0 saturated heterocycles. The molecule has 1 heterocycles. The van der Waals surface area contributed by atoms with Gasteiger partial charge in [0.2, 0.25) is 5.95 Å². The van der Waals surface area contributed by atoms with Crippen LogP contribution in [0, 0.1) is 0 Å². The average Bonchev–Trinajstić information content (AvgIpc) is 2.61. The van der Waals surface area contributed by atoms with E-state index in [2.05, 4.69) is 42.0 Å². The Balaban J connectivity index is 1.81. The van der Waals surface area contributed by atoms with Crippen molar-refractivity contribution in [3.8, 4) is 5.75 Å². The topological polar surface area (TPSA) is 61.0 Å². The molecule has 124 valence electrons. The Kier molecular flexibility index (Phi) is 4.94. The molecule has 0 amide bonds. The van der Waals surface area contributed by atoms with Crippen LogP contribution in [0.1, 0.15) is 30.7 Å². The number of hydrogen-bond acceptors (Lipinski definition) is 4. The van der Waals surface area contributed by atoms with Crippen molar-refractivity contribution in [3.63, 3.8) is 0 Å². The molecule has 0 radical (unpaired) electrons. The standard InChI is InChI=1S/C20H23N3O/c1-3-14-8-7-9-15(4-2)19(14)24-13-12-18-16-10-5-6-11-17(16)22-20(21)23-18/h5-11H,3-4,12-13H2,1-2H3,(H2,21,22,23). The van der Waals surface area contributed by atoms with E-state index in [0.717, 1.165) is 35.2 Å². The first kappa shape index (κ1) is 16.2. The number of anilines is 1. The molecular weight excluding hydrogens is 298 g/mol. The van der Waals surface area contributed by atoms with Gasteiger partial charge in [0.1, 0.15) is 5.75 Å². The van der Waals surface area contributed by atoms with Gasteiger partial charge < -0.3 is 10.5 Å². The van der Waals surface area contributed by atoms with E-state index in [1.807, 2.05) is 24.3 Å². The van der Waals surface area contributed by atoms with E-state index in [4.69, 9.17) is 10.5 Å². The largest absolute Gasteiger partial charge is 0.493 e. The van der Waals surface area contributed by atoms with Crippen LogP contribution in [0.4, 0.5) is 5.95 Å². The van der Waals surface area contributed by atoms with Crippen LogP contribution in [0.25, 0.3) is 10.9 Å². The molecule has 0 aliphatic carbocycles. The maximum Gasteiger partial charge on any atom is 0.220 e. The third-order valence-corrected chi connectivity index (χ3v) is 4.22. The number of benzene rings is 2. The van der Waals surface area contributed by atoms with Gasteiger partial charge in [-0.2, -0.15) is 0 Å². The molecule has 0 spiro atoms. The zero-order valence-corrected chi connectivity index (χ0v) is 14.2. The Hall–Kier alpha value is -2.62. The van der Waals surface area contributed by atoms with E-state index < -0.39 is 0 Å². The summed E-state index contributed by atoms with van der Waals surface area (Å²) >= 11 is 0. The van der Waals surface area contributed by atoms with Crippen molar-refractivity contribution in [1.82, 2.24) is 9.97 Å². The summed E-state index contributed by atoms with van der Waals surface area (Å²) in [6.45, 7) is 4.88. The normalized spacial score (nSPS) is 10.9. The Morgan fingerprint density at radius 2 is 1.62 bits per heavy atom. The lowest BCUT2D eigenvalue weighted by Crippen LogP contribution is -2.08. The predicted molar refractivity (Wildman–Crippen MR) is 98.3 cm³/mol. The first-order valence-electron chi connectivity index (χ1n) is 8.47. The van der Waals surface area contributed by atoms with E-state index in [9.17, 15) is 0 Å². The SMILES string of the molecule is CCc1cccc(CC)c1OCCc1nc(N)nc2ccccc12. The van der Waals surface area contributed by atoms with Gasteiger partial charge in [-0.1, -0.05) is 50.2 Å². The van der Waals surface area contributed by atoms with E-state index in [-0.39, 0.29) is 0 Å². The summed E-state index contributed by atoms with van der Waals surface area (Å²) in [7, 11) is 0. The second kappa shape index (κ2) is 7.30. The number of nitrogen functional groups attached to an aromatic ring is 1. The number of hydrogen-bond donors (Lipinski definition) is 1. The number of rotatable bonds is 6. The first-order valence-corrected chi connectivity index (χ1v) is 8.47. The summed E-state index contributed by atoms with van der Waals surface area (Å²) in [5.41, 5.74) is 10.2. The van der Waals surface area contributed by atoms with Crippen LogP contribution in [-0.2, 0) is 19.3 Å². The molecule has 3 rings (SSSR count). The molecule has 0 aliphatic rings. The second-order valence-electron chi connectivity index (χ2n) is 5.76. The van der Waals surface area contributed by atoms with Gasteiger partial charge in [0.25, 0.3) is 0 Å². The van der Waals surface area contributed by atoms with Gasteiger partial charge >= 0.3 is 0 Å². The van der Waals surface area contributed by atoms with Crippen molar-refractivity contribution in [1.29, 1.82) is 0 Å². The number of nitrogens with two attached hydrogens (primary N) is 1. The molecule has 0 atom stereocenters. The second-order valence-corrected chi connectivity index (χ2v) is 5.76. The van der Waals surface area contributed by atoms with Gasteiger partial charge in [-0.15, -0.1) is 0 Å². The number of nitrogens with zero attached hydrogens (tertiary/aromatic N) is 2. The Bertz CT molecular complexity index is 823. The molecule has 0 fully saturated rings. The molecule has 2 aromatic carbocycles. The predicted octanol–water partition coefficient (Wildman–Crippen LogP) is 3.96. The molecule has 4 nitrogen and oxygen atoms in total. The summed E-state index contributed by atoms with van der Waals surface area (Å²) in [5, 5.41) is 1.04. The van der Waals surface area contributed by atoms with Crippen molar-refractivity contribution in [3.05, 3.63) is 59.3 Å². The zero-order valence-electron chi connectivity index (χ0n) is 14.2. The molecular formula is C20H23N3O. The fourth-order valence-corrected chi connectivity index (χ4v) is 2.98. The Morgan fingerprint density at radius 3 is 2.33 bits per heavy atom. The highest BCUT2D eigenvalue weighted by atomic mass is 16.5. The van der Waals surface area contributed by atoms with Gasteiger partial charge in [0, 0.05) is 11.8 Å². The molecule has 3 aromatic rings. The molecule has 24 heavy (non-hydrogen) atoms. The van der Waals surface area contributed by atoms with Gasteiger partial charge in [-0.05, 0) is 30.0 Å². The monoisotopic (exact) mass is 321 g/mol. The van der Waals surface area contributed by atoms with Crippen LogP contribution < -0.4 is 10.5 Å². The van der Waals surface area contributed by atoms with E-state index in [1.165, 1.54) is 11.1 Å². The molecule has 0 bridgehead atoms. The Morgan fingerprint density at radius 1 is 0.917 bits per heavy atom. The number of aromatic nitrogens is 2. The molecule has 0 unspecified atom stereocenters. The number of para-hydroxylation sites is 2. The molecule has 0 aliphatic heterocycles. The summed E-state index contributed by atoms with van der Waals surface area (Å²) in [4.78, 5) is 8.69. The van der Waals surface area contributed by atoms with Crippen LogP contribution in [0.3, 0.4) is 0 Å². The van der Waals surface area contributed by atoms with Crippen LogP contribution in [-0.4, -0.2) is 16.6 Å². The summed E-state index contributed by atoms with van der Waals surface area (Å²) in [6.07, 6.45) is 2.63. The highest BCUT2D eigenvalue weighted by molar-refractivity contribution is 5.81. The molecule has 4 heteroatoms. The third-order valence-electron chi connectivity index (χ3n) is 4.22. The summed E-state index contributed by atoms with van der Waals surface area (Å²) < 4.78 is 6.14. The van der Waals surface area contributed by atoms with Crippen LogP contribution >= 0.6 is 0 Å². The minimum Gasteiger partial charge on any atom is -0.493 e. The van der Waals surface area contributed by atoms with Crippen molar-refractivity contribution < 1.29 is 4.74 Å². The highest BCUT2D eigenvalue weighted by Crippen LogP contribution is 2.26. The van der Waals surface area contributed by atoms with Crippen LogP contribution in [0.15, 0.2) is 42.5 Å². The first-order chi connectivity index (χ1) is 11.7. The number of fused-ring (bicyclic) bond motifs is 1. The van der Waals surface area contributed by atoms with E-state index >= 15 is 0 Å². The maximum atomic E-state index is 6.14. The highest BCUT2D eigenvalue weighted by Gasteiger charge is 2.09. The molecule has 0 saturated carbocycles. The lowest BCUT2D eigenvalue weighted by Gasteiger charge is -2.15. The fourth-order valence-electron chi connectivity index (χ4n) is 2.98. The molecule has 2 N–H and O–H groups in total. The van der Waals surface area contributed by atoms with Gasteiger partial charge in [-0.25, -0.2) is 9.97 Å². The lowest BCUT2D eigenvalue weighted by molar-refractivity contribution is 0.315. The van der Waals surface area contributed by atoms with Crippen molar-refractivity contribution in [2.45, 2.75) is 33.1 Å². The van der Waals surface area contributed by atoms with Gasteiger partial charge in [-0.3, -0.25) is 0 Å². The zero-order chi connectivity index (χ0) is 16.9. The average molecular weight is 321 g/mol. The smallest absolute Gasteiger partial charge is 0.220 e. The lowest BCUT2D eigenvalue weighted by atomic mass is 10.0. The van der Waals surface area contributed by atoms with Crippen LogP contribution in [0.2, 0.25) is 0 Å². The van der Waals surface area contributed by atoms with Gasteiger partial charge in [0.05, 0.1) is 17.8 Å². The van der Waals surface area contributed by atoms with Crippen molar-refractivity contribution >= 4 is 16.9 Å². The summed E-state index contributed by atoms with van der Waals surface area (Å²) in [6, 6.07) is 14.3. The Labute approximate surface area is 142 Å². The third kappa shape index (κ3) is 3.32. The minimum atomic E-state index is 0.312. The van der Waals surface area contributed by atoms with Crippen molar-refractivity contribution in [2.75, 3.05) is 12.3 Å². The van der Waals surface area contributed by atoms with E-state index in [0.29, 0.717) is 19.0 Å². The number of aryl methyl sites for hydroxylation is 2. The summed E-state index contributed by atoms with van der Waals surface area (Å²) in [5.74, 6) is 1.33.